The number of esters is 1. The Morgan fingerprint density at radius 3 is 2.56 bits per heavy atom. The fourth-order valence-corrected chi connectivity index (χ4v) is 3.99. The predicted molar refractivity (Wildman–Crippen MR) is 135 cm³/mol. The number of rotatable bonds is 12. The number of fused-ring (bicyclic) bond motifs is 1. The molecule has 3 rings (SSSR count). The van der Waals surface area contributed by atoms with Gasteiger partial charge in [-0.05, 0) is 79.0 Å². The summed E-state index contributed by atoms with van der Waals surface area (Å²) in [6, 6.07) is 13.3. The van der Waals surface area contributed by atoms with E-state index in [0.717, 1.165) is 56.2 Å². The number of ether oxygens (including phenoxy) is 1. The molecule has 0 fully saturated rings. The van der Waals surface area contributed by atoms with Gasteiger partial charge in [-0.15, -0.1) is 0 Å². The molecule has 2 aromatic carbocycles. The second-order valence-corrected chi connectivity index (χ2v) is 8.87. The molecule has 1 aliphatic carbocycles. The zero-order valence-corrected chi connectivity index (χ0v) is 20.3. The molecule has 0 saturated heterocycles. The van der Waals surface area contributed by atoms with E-state index in [2.05, 4.69) is 30.4 Å². The highest BCUT2D eigenvalue weighted by Gasteiger charge is 2.22. The molecule has 1 amide bonds. The van der Waals surface area contributed by atoms with Gasteiger partial charge in [-0.25, -0.2) is 0 Å². The largest absolute Gasteiger partial charge is 0.466 e. The van der Waals surface area contributed by atoms with Crippen molar-refractivity contribution < 1.29 is 19.2 Å². The summed E-state index contributed by atoms with van der Waals surface area (Å²) >= 11 is 0. The second kappa shape index (κ2) is 13.5. The van der Waals surface area contributed by atoms with Crippen molar-refractivity contribution in [2.45, 2.75) is 65.2 Å². The van der Waals surface area contributed by atoms with Gasteiger partial charge >= 0.3 is 5.97 Å². The Hall–Kier alpha value is -3.15. The summed E-state index contributed by atoms with van der Waals surface area (Å²) in [6.45, 7) is 5.30. The van der Waals surface area contributed by atoms with Crippen LogP contribution in [0.1, 0.15) is 79.4 Å². The van der Waals surface area contributed by atoms with Gasteiger partial charge in [0.2, 0.25) is 0 Å². The van der Waals surface area contributed by atoms with Crippen LogP contribution in [-0.2, 0) is 27.2 Å². The molecule has 1 atom stereocenters. The van der Waals surface area contributed by atoms with Gasteiger partial charge in [0.05, 0.1) is 12.8 Å². The molecule has 0 bridgehead atoms. The molecule has 6 heteroatoms. The molecule has 6 nitrogen and oxygen atoms in total. The van der Waals surface area contributed by atoms with Gasteiger partial charge in [-0.3, -0.25) is 9.59 Å². The minimum absolute atomic E-state index is 0.104. The van der Waals surface area contributed by atoms with Crippen LogP contribution in [0.25, 0.3) is 0 Å². The average Bonchev–Trinajstić information content (AvgIpc) is 2.84. The molecule has 34 heavy (non-hydrogen) atoms. The standard InChI is InChI=1S/C28H36N2O4/c1-3-5-15-33-27(31)18-22-9-10-23-13-14-26(19-25(23)17-22)30-28(32)24-11-7-21(8-12-24)20-29-34-16-6-4-2/h7-8,11-14,19-20,22H,3-6,9-10,15-18H2,1-2H3,(H,30,32)/b29-20+. The molecule has 0 radical (unpaired) electrons. The maximum Gasteiger partial charge on any atom is 0.306 e. The molecule has 0 saturated carbocycles. The number of hydrogen-bond donors (Lipinski definition) is 1. The molecule has 1 aliphatic rings. The highest BCUT2D eigenvalue weighted by Crippen LogP contribution is 2.30. The van der Waals surface area contributed by atoms with Crippen LogP contribution >= 0.6 is 0 Å². The number of aryl methyl sites for hydroxylation is 1. The van der Waals surface area contributed by atoms with Crippen molar-refractivity contribution in [2.24, 2.45) is 11.1 Å². The Bertz CT molecular complexity index is 969. The van der Waals surface area contributed by atoms with Crippen LogP contribution in [-0.4, -0.2) is 31.3 Å². The lowest BCUT2D eigenvalue weighted by Gasteiger charge is -2.24. The lowest BCUT2D eigenvalue weighted by atomic mass is 9.82. The average molecular weight is 465 g/mol. The second-order valence-electron chi connectivity index (χ2n) is 8.87. The van der Waals surface area contributed by atoms with Crippen LogP contribution in [0.3, 0.4) is 0 Å². The quantitative estimate of drug-likeness (QED) is 0.183. The van der Waals surface area contributed by atoms with Crippen LogP contribution in [0.5, 0.6) is 0 Å². The molecule has 0 aliphatic heterocycles. The van der Waals surface area contributed by atoms with Gasteiger partial charge in [0.25, 0.3) is 5.91 Å². The van der Waals surface area contributed by atoms with E-state index in [-0.39, 0.29) is 17.8 Å². The first-order chi connectivity index (χ1) is 16.6. The fraction of sp³-hybridized carbons (Fsp3) is 0.464. The third-order valence-corrected chi connectivity index (χ3v) is 6.05. The van der Waals surface area contributed by atoms with Crippen LogP contribution < -0.4 is 5.32 Å². The van der Waals surface area contributed by atoms with E-state index in [1.165, 1.54) is 11.1 Å². The normalized spacial score (nSPS) is 15.1. The molecular weight excluding hydrogens is 428 g/mol. The summed E-state index contributed by atoms with van der Waals surface area (Å²) < 4.78 is 5.33. The Labute approximate surface area is 202 Å². The Kier molecular flexibility index (Phi) is 10.1. The monoisotopic (exact) mass is 464 g/mol. The van der Waals surface area contributed by atoms with Crippen molar-refractivity contribution in [1.82, 2.24) is 0 Å². The van der Waals surface area contributed by atoms with Gasteiger partial charge in [-0.1, -0.05) is 50.0 Å². The molecular formula is C28H36N2O4. The van der Waals surface area contributed by atoms with Crippen molar-refractivity contribution in [1.29, 1.82) is 0 Å². The Balaban J connectivity index is 1.53. The lowest BCUT2D eigenvalue weighted by Crippen LogP contribution is -2.20. The highest BCUT2D eigenvalue weighted by atomic mass is 16.6. The summed E-state index contributed by atoms with van der Waals surface area (Å²) in [6.07, 6.45) is 8.84. The summed E-state index contributed by atoms with van der Waals surface area (Å²) in [5, 5.41) is 6.95. The third kappa shape index (κ3) is 8.01. The molecule has 0 heterocycles. The summed E-state index contributed by atoms with van der Waals surface area (Å²) in [7, 11) is 0. The number of oxime groups is 1. The van der Waals surface area contributed by atoms with Gasteiger partial charge < -0.3 is 14.9 Å². The number of hydrogen-bond acceptors (Lipinski definition) is 5. The van der Waals surface area contributed by atoms with Crippen LogP contribution in [0, 0.1) is 5.92 Å². The molecule has 182 valence electrons. The first kappa shape index (κ1) is 25.5. The van der Waals surface area contributed by atoms with E-state index in [1.807, 2.05) is 24.3 Å². The van der Waals surface area contributed by atoms with Crippen molar-refractivity contribution >= 4 is 23.8 Å². The number of nitrogens with one attached hydrogen (secondary N) is 1. The molecule has 0 aromatic heterocycles. The number of amides is 1. The smallest absolute Gasteiger partial charge is 0.306 e. The number of unbranched alkanes of at least 4 members (excludes halogenated alkanes) is 2. The Morgan fingerprint density at radius 1 is 1.03 bits per heavy atom. The topological polar surface area (TPSA) is 77.0 Å². The van der Waals surface area contributed by atoms with E-state index in [4.69, 9.17) is 9.57 Å². The van der Waals surface area contributed by atoms with Gasteiger partial charge in [0, 0.05) is 17.7 Å². The summed E-state index contributed by atoms with van der Waals surface area (Å²) in [4.78, 5) is 30.0. The summed E-state index contributed by atoms with van der Waals surface area (Å²) in [5.74, 6) is 0.0228. The number of anilines is 1. The van der Waals surface area contributed by atoms with Crippen LogP contribution in [0.15, 0.2) is 47.6 Å². The number of nitrogens with zero attached hydrogens (tertiary/aromatic N) is 1. The van der Waals surface area contributed by atoms with E-state index < -0.39 is 0 Å². The van der Waals surface area contributed by atoms with Crippen molar-refractivity contribution in [2.75, 3.05) is 18.5 Å². The van der Waals surface area contributed by atoms with Gasteiger partial charge in [0.15, 0.2) is 0 Å². The van der Waals surface area contributed by atoms with E-state index in [0.29, 0.717) is 25.2 Å². The Morgan fingerprint density at radius 2 is 1.79 bits per heavy atom. The number of benzene rings is 2. The zero-order chi connectivity index (χ0) is 24.2. The van der Waals surface area contributed by atoms with E-state index >= 15 is 0 Å². The molecule has 2 aromatic rings. The lowest BCUT2D eigenvalue weighted by molar-refractivity contribution is -0.145. The van der Waals surface area contributed by atoms with Crippen molar-refractivity contribution in [3.8, 4) is 0 Å². The highest BCUT2D eigenvalue weighted by molar-refractivity contribution is 6.04. The van der Waals surface area contributed by atoms with Crippen molar-refractivity contribution in [3.05, 3.63) is 64.7 Å². The SMILES string of the molecule is CCCCO/N=C/c1ccc(C(=O)Nc2ccc3c(c2)CC(CC(=O)OCCCC)CC3)cc1. The van der Waals surface area contributed by atoms with E-state index in [1.54, 1.807) is 18.3 Å². The first-order valence-electron chi connectivity index (χ1n) is 12.4. The van der Waals surface area contributed by atoms with Crippen molar-refractivity contribution in [3.63, 3.8) is 0 Å². The maximum absolute atomic E-state index is 12.7. The summed E-state index contributed by atoms with van der Waals surface area (Å²) in [5.41, 5.74) is 4.71. The zero-order valence-electron chi connectivity index (χ0n) is 20.3. The third-order valence-electron chi connectivity index (χ3n) is 6.05. The fourth-order valence-electron chi connectivity index (χ4n) is 3.99. The minimum atomic E-state index is -0.158. The number of carbonyl (C=O) groups is 2. The molecule has 0 spiro atoms. The predicted octanol–water partition coefficient (Wildman–Crippen LogP) is 5.93. The van der Waals surface area contributed by atoms with Crippen LogP contribution in [0.4, 0.5) is 5.69 Å². The molecule has 1 N–H and O–H groups in total. The van der Waals surface area contributed by atoms with Crippen LogP contribution in [0.2, 0.25) is 0 Å². The number of carbonyl (C=O) groups excluding carboxylic acids is 2. The molecule has 1 unspecified atom stereocenters. The van der Waals surface area contributed by atoms with Gasteiger partial charge in [0.1, 0.15) is 6.61 Å². The maximum atomic E-state index is 12.7. The minimum Gasteiger partial charge on any atom is -0.466 e. The first-order valence-corrected chi connectivity index (χ1v) is 12.4. The van der Waals surface area contributed by atoms with E-state index in [9.17, 15) is 9.59 Å². The van der Waals surface area contributed by atoms with Gasteiger partial charge in [-0.2, -0.15) is 0 Å².